The standard InChI is InChI=1S/C18H30N4O3/c1-14-13-17(23)22(18(24)19-14)8-7-20-5-3-16(4-6-20)15(2)21-9-11-25-12-10-21/h13,15-16H,3-12H2,1-2H3,(H,19,24). The van der Waals surface area contributed by atoms with E-state index in [4.69, 9.17) is 4.74 Å². The van der Waals surface area contributed by atoms with Crippen molar-refractivity contribution < 1.29 is 4.74 Å². The van der Waals surface area contributed by atoms with Gasteiger partial charge in [0.05, 0.1) is 13.2 Å². The van der Waals surface area contributed by atoms with Gasteiger partial charge >= 0.3 is 5.69 Å². The van der Waals surface area contributed by atoms with Crippen molar-refractivity contribution in [1.82, 2.24) is 19.4 Å². The number of aryl methyl sites for hydroxylation is 1. The minimum absolute atomic E-state index is 0.211. The van der Waals surface area contributed by atoms with Gasteiger partial charge in [-0.2, -0.15) is 0 Å². The molecule has 1 unspecified atom stereocenters. The number of aromatic nitrogens is 2. The first-order valence-electron chi connectivity index (χ1n) is 9.39. The molecule has 140 valence electrons. The molecule has 0 radical (unpaired) electrons. The third-order valence-corrected chi connectivity index (χ3v) is 5.73. The molecule has 0 spiro atoms. The Morgan fingerprint density at radius 2 is 1.84 bits per heavy atom. The van der Waals surface area contributed by atoms with Gasteiger partial charge in [-0.25, -0.2) is 4.79 Å². The molecule has 0 bridgehead atoms. The monoisotopic (exact) mass is 350 g/mol. The van der Waals surface area contributed by atoms with Gasteiger partial charge in [0, 0.05) is 44.0 Å². The number of rotatable bonds is 5. The molecule has 0 aliphatic carbocycles. The number of hydrogen-bond donors (Lipinski definition) is 1. The van der Waals surface area contributed by atoms with Gasteiger partial charge in [-0.3, -0.25) is 14.3 Å². The molecule has 2 fully saturated rings. The molecular weight excluding hydrogens is 320 g/mol. The summed E-state index contributed by atoms with van der Waals surface area (Å²) in [5.41, 5.74) is 0.0991. The van der Waals surface area contributed by atoms with Crippen LogP contribution in [0.3, 0.4) is 0 Å². The van der Waals surface area contributed by atoms with Gasteiger partial charge in [-0.1, -0.05) is 0 Å². The van der Waals surface area contributed by atoms with Crippen LogP contribution in [0.2, 0.25) is 0 Å². The van der Waals surface area contributed by atoms with Crippen molar-refractivity contribution in [2.45, 2.75) is 39.3 Å². The number of morpholine rings is 1. The fourth-order valence-electron chi connectivity index (χ4n) is 4.03. The summed E-state index contributed by atoms with van der Waals surface area (Å²) in [7, 11) is 0. The molecule has 3 rings (SSSR count). The van der Waals surface area contributed by atoms with E-state index in [9.17, 15) is 9.59 Å². The first-order valence-corrected chi connectivity index (χ1v) is 9.39. The zero-order valence-electron chi connectivity index (χ0n) is 15.4. The zero-order valence-corrected chi connectivity index (χ0v) is 15.4. The Labute approximate surface area is 148 Å². The highest BCUT2D eigenvalue weighted by Crippen LogP contribution is 2.24. The van der Waals surface area contributed by atoms with E-state index in [1.165, 1.54) is 23.5 Å². The van der Waals surface area contributed by atoms with E-state index in [1.54, 1.807) is 6.92 Å². The molecule has 7 heteroatoms. The molecule has 0 saturated carbocycles. The Balaban J connectivity index is 1.48. The van der Waals surface area contributed by atoms with E-state index >= 15 is 0 Å². The molecule has 1 aromatic heterocycles. The van der Waals surface area contributed by atoms with Gasteiger partial charge in [-0.15, -0.1) is 0 Å². The smallest absolute Gasteiger partial charge is 0.328 e. The van der Waals surface area contributed by atoms with Gasteiger partial charge in [0.15, 0.2) is 0 Å². The lowest BCUT2D eigenvalue weighted by molar-refractivity contribution is -0.00166. The highest BCUT2D eigenvalue weighted by atomic mass is 16.5. The lowest BCUT2D eigenvalue weighted by Crippen LogP contribution is -2.48. The lowest BCUT2D eigenvalue weighted by Gasteiger charge is -2.41. The molecular formula is C18H30N4O3. The molecule has 0 aromatic carbocycles. The molecule has 2 aliphatic heterocycles. The van der Waals surface area contributed by atoms with Crippen molar-refractivity contribution in [1.29, 1.82) is 0 Å². The summed E-state index contributed by atoms with van der Waals surface area (Å²) in [6.07, 6.45) is 2.36. The second kappa shape index (κ2) is 8.29. The van der Waals surface area contributed by atoms with E-state index in [2.05, 4.69) is 21.7 Å². The van der Waals surface area contributed by atoms with Crippen LogP contribution in [0.5, 0.6) is 0 Å². The Morgan fingerprint density at radius 3 is 2.48 bits per heavy atom. The van der Waals surface area contributed by atoms with Crippen molar-refractivity contribution >= 4 is 0 Å². The fourth-order valence-corrected chi connectivity index (χ4v) is 4.03. The summed E-state index contributed by atoms with van der Waals surface area (Å²) in [5.74, 6) is 0.722. The number of H-pyrrole nitrogens is 1. The fraction of sp³-hybridized carbons (Fsp3) is 0.778. The minimum atomic E-state index is -0.305. The van der Waals surface area contributed by atoms with E-state index in [1.807, 2.05) is 0 Å². The van der Waals surface area contributed by atoms with Gasteiger partial charge in [0.1, 0.15) is 0 Å². The lowest BCUT2D eigenvalue weighted by atomic mass is 9.89. The Bertz CT molecular complexity index is 638. The van der Waals surface area contributed by atoms with Crippen molar-refractivity contribution in [3.63, 3.8) is 0 Å². The molecule has 25 heavy (non-hydrogen) atoms. The topological polar surface area (TPSA) is 70.6 Å². The largest absolute Gasteiger partial charge is 0.379 e. The van der Waals surface area contributed by atoms with Crippen molar-refractivity contribution in [3.8, 4) is 0 Å². The number of piperidine rings is 1. The average Bonchev–Trinajstić information content (AvgIpc) is 2.61. The third kappa shape index (κ3) is 4.59. The van der Waals surface area contributed by atoms with Crippen LogP contribution in [0.4, 0.5) is 0 Å². The highest BCUT2D eigenvalue weighted by Gasteiger charge is 2.28. The first kappa shape index (κ1) is 18.4. The summed E-state index contributed by atoms with van der Waals surface area (Å²) < 4.78 is 6.75. The van der Waals surface area contributed by atoms with E-state index in [0.717, 1.165) is 51.9 Å². The number of nitrogens with zero attached hydrogens (tertiary/aromatic N) is 3. The van der Waals surface area contributed by atoms with Crippen LogP contribution < -0.4 is 11.2 Å². The Morgan fingerprint density at radius 1 is 1.16 bits per heavy atom. The van der Waals surface area contributed by atoms with Gasteiger partial charge in [-0.05, 0) is 45.7 Å². The van der Waals surface area contributed by atoms with E-state index in [0.29, 0.717) is 18.3 Å². The Hall–Kier alpha value is -1.44. The number of likely N-dealkylation sites (tertiary alicyclic amines) is 1. The average molecular weight is 350 g/mol. The van der Waals surface area contributed by atoms with Crippen LogP contribution in [0.1, 0.15) is 25.5 Å². The number of ether oxygens (including phenoxy) is 1. The van der Waals surface area contributed by atoms with Crippen LogP contribution in [-0.4, -0.2) is 71.3 Å². The number of nitrogens with one attached hydrogen (secondary N) is 1. The highest BCUT2D eigenvalue weighted by molar-refractivity contribution is 4.96. The molecule has 0 amide bonds. The second-order valence-electron chi connectivity index (χ2n) is 7.32. The van der Waals surface area contributed by atoms with Crippen LogP contribution in [0.25, 0.3) is 0 Å². The normalized spacial score (nSPS) is 22.2. The summed E-state index contributed by atoms with van der Waals surface area (Å²) in [6.45, 7) is 11.1. The van der Waals surface area contributed by atoms with Crippen molar-refractivity contribution in [2.75, 3.05) is 45.9 Å². The third-order valence-electron chi connectivity index (χ3n) is 5.73. The predicted octanol–water partition coefficient (Wildman–Crippen LogP) is 0.278. The second-order valence-corrected chi connectivity index (χ2v) is 7.32. The molecule has 2 aliphatic rings. The predicted molar refractivity (Wildman–Crippen MR) is 97.1 cm³/mol. The van der Waals surface area contributed by atoms with E-state index in [-0.39, 0.29) is 11.2 Å². The SMILES string of the molecule is Cc1cc(=O)n(CCN2CCC(C(C)N3CCOCC3)CC2)c(=O)[nH]1. The first-order chi connectivity index (χ1) is 12.0. The molecule has 1 N–H and O–H groups in total. The molecule has 7 nitrogen and oxygen atoms in total. The molecule has 3 heterocycles. The molecule has 2 saturated heterocycles. The van der Waals surface area contributed by atoms with Crippen LogP contribution in [0.15, 0.2) is 15.7 Å². The van der Waals surface area contributed by atoms with Crippen molar-refractivity contribution in [2.24, 2.45) is 5.92 Å². The minimum Gasteiger partial charge on any atom is -0.379 e. The number of hydrogen-bond acceptors (Lipinski definition) is 5. The van der Waals surface area contributed by atoms with Crippen LogP contribution in [-0.2, 0) is 11.3 Å². The molecule has 1 atom stereocenters. The summed E-state index contributed by atoms with van der Waals surface area (Å²) in [4.78, 5) is 31.5. The zero-order chi connectivity index (χ0) is 17.8. The van der Waals surface area contributed by atoms with Crippen LogP contribution >= 0.6 is 0 Å². The van der Waals surface area contributed by atoms with Crippen molar-refractivity contribution in [3.05, 3.63) is 32.6 Å². The van der Waals surface area contributed by atoms with Gasteiger partial charge in [0.25, 0.3) is 5.56 Å². The maximum Gasteiger partial charge on any atom is 0.328 e. The molecule has 1 aromatic rings. The quantitative estimate of drug-likeness (QED) is 0.826. The van der Waals surface area contributed by atoms with Crippen LogP contribution in [0, 0.1) is 12.8 Å². The maximum absolute atomic E-state index is 12.0. The van der Waals surface area contributed by atoms with Gasteiger partial charge < -0.3 is 14.6 Å². The Kier molecular flexibility index (Phi) is 6.09. The summed E-state index contributed by atoms with van der Waals surface area (Å²) in [6, 6.07) is 2.09. The van der Waals surface area contributed by atoms with E-state index < -0.39 is 0 Å². The van der Waals surface area contributed by atoms with Gasteiger partial charge in [0.2, 0.25) is 0 Å². The summed E-state index contributed by atoms with van der Waals surface area (Å²) >= 11 is 0. The maximum atomic E-state index is 12.0. The number of aromatic amines is 1. The summed E-state index contributed by atoms with van der Waals surface area (Å²) in [5, 5.41) is 0.